The highest BCUT2D eigenvalue weighted by atomic mass is 35.5. The average Bonchev–Trinajstić information content (AvgIpc) is 2.54. The molecule has 0 amide bonds. The summed E-state index contributed by atoms with van der Waals surface area (Å²) in [5.41, 5.74) is 0.939. The van der Waals surface area contributed by atoms with Crippen molar-refractivity contribution in [3.05, 3.63) is 23.3 Å². The molecule has 6 nitrogen and oxygen atoms in total. The highest BCUT2D eigenvalue weighted by Crippen LogP contribution is 2.29. The van der Waals surface area contributed by atoms with Gasteiger partial charge in [-0.1, -0.05) is 6.92 Å². The number of halogens is 1. The number of benzene rings is 1. The van der Waals surface area contributed by atoms with Crippen LogP contribution in [0, 0.1) is 19.8 Å². The van der Waals surface area contributed by atoms with Gasteiger partial charge in [0.05, 0.1) is 9.79 Å². The van der Waals surface area contributed by atoms with Crippen molar-refractivity contribution in [1.29, 1.82) is 0 Å². The number of rotatable bonds is 6. The molecule has 1 aromatic carbocycles. The number of nitrogens with zero attached hydrogens (tertiary/aromatic N) is 1. The van der Waals surface area contributed by atoms with Crippen LogP contribution in [0.25, 0.3) is 0 Å². The van der Waals surface area contributed by atoms with Gasteiger partial charge in [0, 0.05) is 19.3 Å². The van der Waals surface area contributed by atoms with Crippen LogP contribution in [0.2, 0.25) is 0 Å². The first-order valence-electron chi connectivity index (χ1n) is 8.59. The Morgan fingerprint density at radius 1 is 1.08 bits per heavy atom. The van der Waals surface area contributed by atoms with Crippen molar-refractivity contribution in [1.82, 2.24) is 9.62 Å². The second kappa shape index (κ2) is 9.01. The van der Waals surface area contributed by atoms with Gasteiger partial charge in [0.25, 0.3) is 0 Å². The second-order valence-electron chi connectivity index (χ2n) is 6.81. The van der Waals surface area contributed by atoms with Crippen molar-refractivity contribution in [3.63, 3.8) is 0 Å². The van der Waals surface area contributed by atoms with E-state index < -0.39 is 19.9 Å². The molecule has 150 valence electrons. The standard InChI is InChI=1S/C17H28N2O4S2.ClH/c1-5-18-12-15-6-8-19(9-7-15)25(22,23)17-11-13(2)10-16(14(17)3)24(4,20)21;/h10-11,15,18H,5-9,12H2,1-4H3;1H. The number of hydrogen-bond donors (Lipinski definition) is 1. The van der Waals surface area contributed by atoms with Gasteiger partial charge in [-0.3, -0.25) is 0 Å². The van der Waals surface area contributed by atoms with Gasteiger partial charge in [0.15, 0.2) is 9.84 Å². The van der Waals surface area contributed by atoms with E-state index >= 15 is 0 Å². The summed E-state index contributed by atoms with van der Waals surface area (Å²) in [7, 11) is -7.17. The van der Waals surface area contributed by atoms with E-state index in [1.165, 1.54) is 10.4 Å². The van der Waals surface area contributed by atoms with Crippen molar-refractivity contribution in [3.8, 4) is 0 Å². The average molecular weight is 425 g/mol. The maximum absolute atomic E-state index is 13.1. The van der Waals surface area contributed by atoms with E-state index in [0.29, 0.717) is 30.1 Å². The third-order valence-corrected chi connectivity index (χ3v) is 7.98. The minimum atomic E-state index is -3.69. The van der Waals surface area contributed by atoms with Crippen LogP contribution in [-0.2, 0) is 19.9 Å². The van der Waals surface area contributed by atoms with Crippen molar-refractivity contribution in [2.45, 2.75) is 43.4 Å². The molecular formula is C17H29ClN2O4S2. The van der Waals surface area contributed by atoms with Gasteiger partial charge in [-0.25, -0.2) is 16.8 Å². The van der Waals surface area contributed by atoms with E-state index in [0.717, 1.165) is 32.2 Å². The summed E-state index contributed by atoms with van der Waals surface area (Å²) in [5, 5.41) is 3.31. The predicted molar refractivity (Wildman–Crippen MR) is 106 cm³/mol. The molecule has 1 N–H and O–H groups in total. The fourth-order valence-corrected chi connectivity index (χ4v) is 6.22. The van der Waals surface area contributed by atoms with Crippen LogP contribution in [0.5, 0.6) is 0 Å². The molecule has 0 aromatic heterocycles. The molecule has 0 aliphatic carbocycles. The maximum atomic E-state index is 13.1. The molecule has 0 bridgehead atoms. The number of sulfonamides is 1. The summed E-state index contributed by atoms with van der Waals surface area (Å²) < 4.78 is 51.6. The largest absolute Gasteiger partial charge is 0.317 e. The SMILES string of the molecule is CCNCC1CCN(S(=O)(=O)c2cc(C)cc(S(C)(=O)=O)c2C)CC1.Cl. The van der Waals surface area contributed by atoms with Crippen LogP contribution in [0.15, 0.2) is 21.9 Å². The Morgan fingerprint density at radius 3 is 2.12 bits per heavy atom. The summed E-state index contributed by atoms with van der Waals surface area (Å²) in [5.74, 6) is 0.483. The number of aryl methyl sites for hydroxylation is 1. The normalized spacial score (nSPS) is 17.1. The Morgan fingerprint density at radius 2 is 1.62 bits per heavy atom. The van der Waals surface area contributed by atoms with Gasteiger partial charge in [-0.2, -0.15) is 4.31 Å². The highest BCUT2D eigenvalue weighted by Gasteiger charge is 2.31. The predicted octanol–water partition coefficient (Wildman–Crippen LogP) is 2.14. The Labute approximate surface area is 163 Å². The molecule has 0 atom stereocenters. The Balaban J connectivity index is 0.00000338. The summed E-state index contributed by atoms with van der Waals surface area (Å²) in [6.07, 6.45) is 2.74. The summed E-state index contributed by atoms with van der Waals surface area (Å²) >= 11 is 0. The minimum absolute atomic E-state index is 0. The Hall–Kier alpha value is -0.670. The Kier molecular flexibility index (Phi) is 8.10. The fourth-order valence-electron chi connectivity index (χ4n) is 3.29. The molecule has 1 aromatic rings. The number of nitrogens with one attached hydrogen (secondary N) is 1. The number of sulfone groups is 1. The van der Waals surface area contributed by atoms with Crippen LogP contribution in [0.4, 0.5) is 0 Å². The molecule has 9 heteroatoms. The zero-order valence-corrected chi connectivity index (χ0v) is 18.2. The van der Waals surface area contributed by atoms with Gasteiger partial charge < -0.3 is 5.32 Å². The first-order chi connectivity index (χ1) is 11.6. The van der Waals surface area contributed by atoms with Crippen LogP contribution in [0.3, 0.4) is 0 Å². The summed E-state index contributed by atoms with van der Waals surface area (Å²) in [6.45, 7) is 8.11. The highest BCUT2D eigenvalue weighted by molar-refractivity contribution is 7.91. The maximum Gasteiger partial charge on any atom is 0.243 e. The molecular weight excluding hydrogens is 396 g/mol. The molecule has 1 fully saturated rings. The van der Waals surface area contributed by atoms with E-state index in [1.54, 1.807) is 19.9 Å². The van der Waals surface area contributed by atoms with E-state index in [1.807, 2.05) is 0 Å². The molecule has 2 rings (SSSR count). The van der Waals surface area contributed by atoms with Gasteiger partial charge in [-0.15, -0.1) is 12.4 Å². The lowest BCUT2D eigenvalue weighted by Crippen LogP contribution is -2.41. The van der Waals surface area contributed by atoms with Crippen LogP contribution < -0.4 is 5.32 Å². The van der Waals surface area contributed by atoms with Crippen LogP contribution in [-0.4, -0.2) is 53.6 Å². The first kappa shape index (κ1) is 23.4. The molecule has 0 saturated carbocycles. The van der Waals surface area contributed by atoms with Crippen molar-refractivity contribution in [2.75, 3.05) is 32.4 Å². The lowest BCUT2D eigenvalue weighted by atomic mass is 9.98. The number of hydrogen-bond acceptors (Lipinski definition) is 5. The smallest absolute Gasteiger partial charge is 0.243 e. The topological polar surface area (TPSA) is 83.6 Å². The molecule has 0 unspecified atom stereocenters. The zero-order valence-electron chi connectivity index (χ0n) is 15.8. The molecule has 1 aliphatic heterocycles. The van der Waals surface area contributed by atoms with E-state index in [9.17, 15) is 16.8 Å². The van der Waals surface area contributed by atoms with Gasteiger partial charge >= 0.3 is 0 Å². The quantitative estimate of drug-likeness (QED) is 0.756. The van der Waals surface area contributed by atoms with Crippen molar-refractivity contribution < 1.29 is 16.8 Å². The van der Waals surface area contributed by atoms with Crippen molar-refractivity contribution >= 4 is 32.3 Å². The molecule has 1 aliphatic rings. The third kappa shape index (κ3) is 5.19. The van der Waals surface area contributed by atoms with E-state index in [2.05, 4.69) is 12.2 Å². The second-order valence-corrected chi connectivity index (χ2v) is 10.7. The first-order valence-corrected chi connectivity index (χ1v) is 11.9. The van der Waals surface area contributed by atoms with E-state index in [-0.39, 0.29) is 22.2 Å². The lowest BCUT2D eigenvalue weighted by Gasteiger charge is -2.32. The number of piperidine rings is 1. The molecule has 1 heterocycles. The van der Waals surface area contributed by atoms with E-state index in [4.69, 9.17) is 0 Å². The zero-order chi connectivity index (χ0) is 18.8. The van der Waals surface area contributed by atoms with Gasteiger partial charge in [0.2, 0.25) is 10.0 Å². The van der Waals surface area contributed by atoms with Gasteiger partial charge in [0.1, 0.15) is 0 Å². The van der Waals surface area contributed by atoms with Crippen LogP contribution >= 0.6 is 12.4 Å². The molecule has 0 radical (unpaired) electrons. The third-order valence-electron chi connectivity index (χ3n) is 4.73. The fraction of sp³-hybridized carbons (Fsp3) is 0.647. The lowest BCUT2D eigenvalue weighted by molar-refractivity contribution is 0.268. The molecule has 0 spiro atoms. The van der Waals surface area contributed by atoms with Gasteiger partial charge in [-0.05, 0) is 69.0 Å². The monoisotopic (exact) mass is 424 g/mol. The minimum Gasteiger partial charge on any atom is -0.317 e. The molecule has 1 saturated heterocycles. The molecule has 26 heavy (non-hydrogen) atoms. The van der Waals surface area contributed by atoms with Crippen LogP contribution in [0.1, 0.15) is 30.9 Å². The summed E-state index contributed by atoms with van der Waals surface area (Å²) in [4.78, 5) is 0.200. The Bertz CT molecular complexity index is 831. The summed E-state index contributed by atoms with van der Waals surface area (Å²) in [6, 6.07) is 3.11. The van der Waals surface area contributed by atoms with Crippen molar-refractivity contribution in [2.24, 2.45) is 5.92 Å².